The van der Waals surface area contributed by atoms with Crippen molar-refractivity contribution in [2.75, 3.05) is 0 Å². The average molecular weight is 230 g/mol. The van der Waals surface area contributed by atoms with Crippen LogP contribution in [0.5, 0.6) is 0 Å². The van der Waals surface area contributed by atoms with Crippen LogP contribution >= 0.6 is 0 Å². The fourth-order valence-corrected chi connectivity index (χ4v) is 2.28. The molecule has 0 radical (unpaired) electrons. The molecule has 0 aliphatic carbocycles. The first-order chi connectivity index (χ1) is 8.29. The summed E-state index contributed by atoms with van der Waals surface area (Å²) in [4.78, 5) is 8.58. The first-order valence-electron chi connectivity index (χ1n) is 5.79. The summed E-state index contributed by atoms with van der Waals surface area (Å²) in [5.41, 5.74) is 4.59. The van der Waals surface area contributed by atoms with Crippen LogP contribution in [0.4, 0.5) is 0 Å². The van der Waals surface area contributed by atoms with Crippen molar-refractivity contribution in [1.29, 1.82) is 0 Å². The molecule has 3 heterocycles. The van der Waals surface area contributed by atoms with E-state index < -0.39 is 0 Å². The van der Waals surface area contributed by atoms with E-state index in [0.717, 1.165) is 23.4 Å². The van der Waals surface area contributed by atoms with Gasteiger partial charge in [0.05, 0.1) is 25.1 Å². The standard InChI is InChI=1S/C13H14N2O2/c1-3-9-10(13-5-14-8(2)17-13)4-15-12-7-16-6-11(9)12/h4-5H,3,6-7H2,1-2H3. The maximum atomic E-state index is 5.58. The molecule has 1 aliphatic heterocycles. The molecule has 0 atom stereocenters. The summed E-state index contributed by atoms with van der Waals surface area (Å²) in [5.74, 6) is 1.47. The van der Waals surface area contributed by atoms with Gasteiger partial charge in [-0.1, -0.05) is 6.92 Å². The van der Waals surface area contributed by atoms with Gasteiger partial charge in [-0.2, -0.15) is 0 Å². The molecule has 0 fully saturated rings. The molecule has 0 N–H and O–H groups in total. The minimum absolute atomic E-state index is 0.623. The number of fused-ring (bicyclic) bond motifs is 1. The lowest BCUT2D eigenvalue weighted by Gasteiger charge is -2.09. The molecule has 0 aromatic carbocycles. The first kappa shape index (κ1) is 10.5. The van der Waals surface area contributed by atoms with Crippen LogP contribution in [0.15, 0.2) is 16.8 Å². The van der Waals surface area contributed by atoms with Gasteiger partial charge in [0.1, 0.15) is 0 Å². The van der Waals surface area contributed by atoms with Crippen LogP contribution in [-0.4, -0.2) is 9.97 Å². The summed E-state index contributed by atoms with van der Waals surface area (Å²) in [6.07, 6.45) is 4.57. The molecule has 4 heteroatoms. The molecule has 1 aliphatic rings. The Morgan fingerprint density at radius 3 is 2.82 bits per heavy atom. The van der Waals surface area contributed by atoms with E-state index in [1.165, 1.54) is 11.1 Å². The third kappa shape index (κ3) is 1.65. The second-order valence-electron chi connectivity index (χ2n) is 4.17. The Balaban J connectivity index is 2.17. The molecule has 88 valence electrons. The summed E-state index contributed by atoms with van der Waals surface area (Å²) in [6, 6.07) is 0. The second kappa shape index (κ2) is 3.96. The molecule has 3 rings (SSSR count). The van der Waals surface area contributed by atoms with Gasteiger partial charge in [0.15, 0.2) is 11.7 Å². The van der Waals surface area contributed by atoms with Gasteiger partial charge in [-0.05, 0) is 12.0 Å². The van der Waals surface area contributed by atoms with Crippen LogP contribution in [0.1, 0.15) is 29.6 Å². The number of aryl methyl sites for hydroxylation is 1. The van der Waals surface area contributed by atoms with Crippen molar-refractivity contribution in [2.24, 2.45) is 0 Å². The number of oxazole rings is 1. The van der Waals surface area contributed by atoms with E-state index in [9.17, 15) is 0 Å². The van der Waals surface area contributed by atoms with Crippen molar-refractivity contribution >= 4 is 0 Å². The summed E-state index contributed by atoms with van der Waals surface area (Å²) < 4.78 is 11.0. The van der Waals surface area contributed by atoms with Crippen molar-refractivity contribution in [2.45, 2.75) is 33.5 Å². The minimum atomic E-state index is 0.623. The Kier molecular flexibility index (Phi) is 2.44. The zero-order valence-corrected chi connectivity index (χ0v) is 9.99. The largest absolute Gasteiger partial charge is 0.441 e. The molecule has 0 saturated heterocycles. The SMILES string of the molecule is CCc1c(-c2cnc(C)o2)cnc2c1COC2. The Morgan fingerprint density at radius 2 is 2.12 bits per heavy atom. The van der Waals surface area contributed by atoms with E-state index >= 15 is 0 Å². The summed E-state index contributed by atoms with van der Waals surface area (Å²) in [7, 11) is 0. The van der Waals surface area contributed by atoms with E-state index in [1.807, 2.05) is 13.1 Å². The molecule has 17 heavy (non-hydrogen) atoms. The predicted octanol–water partition coefficient (Wildman–Crippen LogP) is 2.64. The molecular formula is C13H14N2O2. The summed E-state index contributed by atoms with van der Waals surface area (Å²) >= 11 is 0. The first-order valence-corrected chi connectivity index (χ1v) is 5.79. The summed E-state index contributed by atoms with van der Waals surface area (Å²) in [6.45, 7) is 5.27. The maximum absolute atomic E-state index is 5.58. The molecule has 0 unspecified atom stereocenters. The number of rotatable bonds is 2. The lowest BCUT2D eigenvalue weighted by atomic mass is 9.99. The molecule has 2 aromatic heterocycles. The van der Waals surface area contributed by atoms with Gasteiger partial charge in [0, 0.05) is 24.2 Å². The maximum Gasteiger partial charge on any atom is 0.191 e. The molecule has 0 saturated carbocycles. The number of pyridine rings is 1. The van der Waals surface area contributed by atoms with Crippen LogP contribution in [0.25, 0.3) is 11.3 Å². The van der Waals surface area contributed by atoms with Gasteiger partial charge < -0.3 is 9.15 Å². The van der Waals surface area contributed by atoms with E-state index in [4.69, 9.17) is 9.15 Å². The smallest absolute Gasteiger partial charge is 0.191 e. The van der Waals surface area contributed by atoms with Crippen molar-refractivity contribution in [3.63, 3.8) is 0 Å². The minimum Gasteiger partial charge on any atom is -0.441 e. The fourth-order valence-electron chi connectivity index (χ4n) is 2.28. The van der Waals surface area contributed by atoms with Crippen LogP contribution in [0.3, 0.4) is 0 Å². The quantitative estimate of drug-likeness (QED) is 0.795. The van der Waals surface area contributed by atoms with Gasteiger partial charge in [-0.25, -0.2) is 4.98 Å². The Hall–Kier alpha value is -1.68. The summed E-state index contributed by atoms with van der Waals surface area (Å²) in [5, 5.41) is 0. The zero-order valence-electron chi connectivity index (χ0n) is 9.99. The molecule has 0 bridgehead atoms. The second-order valence-corrected chi connectivity index (χ2v) is 4.17. The van der Waals surface area contributed by atoms with Gasteiger partial charge in [0.2, 0.25) is 0 Å². The van der Waals surface area contributed by atoms with E-state index in [-0.39, 0.29) is 0 Å². The van der Waals surface area contributed by atoms with E-state index in [0.29, 0.717) is 19.1 Å². The molecule has 0 amide bonds. The highest BCUT2D eigenvalue weighted by atomic mass is 16.5. The third-order valence-corrected chi connectivity index (χ3v) is 3.11. The van der Waals surface area contributed by atoms with Crippen LogP contribution < -0.4 is 0 Å². The monoisotopic (exact) mass is 230 g/mol. The van der Waals surface area contributed by atoms with Crippen LogP contribution in [0, 0.1) is 6.92 Å². The van der Waals surface area contributed by atoms with E-state index in [1.54, 1.807) is 6.20 Å². The molecule has 2 aromatic rings. The average Bonchev–Trinajstić information content (AvgIpc) is 2.95. The van der Waals surface area contributed by atoms with Crippen molar-refractivity contribution in [1.82, 2.24) is 9.97 Å². The number of hydrogen-bond donors (Lipinski definition) is 0. The topological polar surface area (TPSA) is 48.2 Å². The number of aromatic nitrogens is 2. The van der Waals surface area contributed by atoms with Gasteiger partial charge >= 0.3 is 0 Å². The van der Waals surface area contributed by atoms with Crippen LogP contribution in [0.2, 0.25) is 0 Å². The molecule has 0 spiro atoms. The lowest BCUT2D eigenvalue weighted by molar-refractivity contribution is 0.133. The van der Waals surface area contributed by atoms with Gasteiger partial charge in [-0.3, -0.25) is 4.98 Å². The third-order valence-electron chi connectivity index (χ3n) is 3.11. The fraction of sp³-hybridized carbons (Fsp3) is 0.385. The van der Waals surface area contributed by atoms with Gasteiger partial charge in [-0.15, -0.1) is 0 Å². The zero-order chi connectivity index (χ0) is 11.8. The predicted molar refractivity (Wildman–Crippen MR) is 62.3 cm³/mol. The Bertz CT molecular complexity index is 561. The van der Waals surface area contributed by atoms with Gasteiger partial charge in [0.25, 0.3) is 0 Å². The van der Waals surface area contributed by atoms with Crippen molar-refractivity contribution < 1.29 is 9.15 Å². The number of hydrogen-bond acceptors (Lipinski definition) is 4. The van der Waals surface area contributed by atoms with Crippen molar-refractivity contribution in [3.05, 3.63) is 35.1 Å². The highest BCUT2D eigenvalue weighted by Gasteiger charge is 2.20. The normalized spacial score (nSPS) is 14.0. The molecule has 4 nitrogen and oxygen atoms in total. The number of ether oxygens (including phenoxy) is 1. The highest BCUT2D eigenvalue weighted by Crippen LogP contribution is 2.31. The number of nitrogens with zero attached hydrogens (tertiary/aromatic N) is 2. The highest BCUT2D eigenvalue weighted by molar-refractivity contribution is 5.63. The lowest BCUT2D eigenvalue weighted by Crippen LogP contribution is -1.98. The Morgan fingerprint density at radius 1 is 1.24 bits per heavy atom. The molecular weight excluding hydrogens is 216 g/mol. The van der Waals surface area contributed by atoms with Crippen LogP contribution in [-0.2, 0) is 24.4 Å². The van der Waals surface area contributed by atoms with E-state index in [2.05, 4.69) is 16.9 Å². The Labute approximate surface area is 99.7 Å². The van der Waals surface area contributed by atoms with Crippen molar-refractivity contribution in [3.8, 4) is 11.3 Å².